The molecule has 0 fully saturated rings. The fourth-order valence-corrected chi connectivity index (χ4v) is 2.51. The molecule has 1 aromatic rings. The quantitative estimate of drug-likeness (QED) is 0.747. The minimum atomic E-state index is -0.136. The number of methoxy groups -OCH3 is 2. The van der Waals surface area contributed by atoms with Gasteiger partial charge in [0.1, 0.15) is 0 Å². The van der Waals surface area contributed by atoms with E-state index in [0.717, 1.165) is 19.5 Å². The van der Waals surface area contributed by atoms with Crippen molar-refractivity contribution < 1.29 is 9.47 Å². The number of hydrogen-bond acceptors (Lipinski definition) is 3. The molecular weight excluding hydrogens is 214 g/mol. The van der Waals surface area contributed by atoms with Crippen LogP contribution in [-0.2, 0) is 15.9 Å². The van der Waals surface area contributed by atoms with Crippen LogP contribution in [0.4, 0.5) is 0 Å². The molecule has 0 bridgehead atoms. The zero-order valence-electron chi connectivity index (χ0n) is 10.8. The molecule has 2 rings (SSSR count). The molecule has 0 spiro atoms. The standard InChI is InChI=1S/C14H21NO2/c1-11-13-7-5-4-6-12(13)8-9-15(11)10-14(16-2)17-3/h4-7,11,14H,8-10H2,1-3H3/t11-/m0/s1. The molecule has 0 saturated heterocycles. The highest BCUT2D eigenvalue weighted by Gasteiger charge is 2.25. The molecule has 0 aromatic heterocycles. The summed E-state index contributed by atoms with van der Waals surface area (Å²) in [7, 11) is 3.38. The third kappa shape index (κ3) is 2.68. The Hall–Kier alpha value is -0.900. The molecule has 1 heterocycles. The first kappa shape index (κ1) is 12.6. The number of fused-ring (bicyclic) bond motifs is 1. The Balaban J connectivity index is 2.09. The van der Waals surface area contributed by atoms with Gasteiger partial charge in [-0.2, -0.15) is 0 Å². The summed E-state index contributed by atoms with van der Waals surface area (Å²) in [5.74, 6) is 0. The maximum Gasteiger partial charge on any atom is 0.169 e. The maximum absolute atomic E-state index is 5.27. The van der Waals surface area contributed by atoms with Crippen molar-refractivity contribution in [1.82, 2.24) is 4.90 Å². The fourth-order valence-electron chi connectivity index (χ4n) is 2.51. The molecule has 1 aromatic carbocycles. The topological polar surface area (TPSA) is 21.7 Å². The monoisotopic (exact) mass is 235 g/mol. The lowest BCUT2D eigenvalue weighted by Crippen LogP contribution is -2.40. The first-order valence-electron chi connectivity index (χ1n) is 6.13. The van der Waals surface area contributed by atoms with Gasteiger partial charge in [-0.1, -0.05) is 24.3 Å². The predicted octanol–water partition coefficient (Wildman–Crippen LogP) is 2.22. The minimum absolute atomic E-state index is 0.136. The van der Waals surface area contributed by atoms with Crippen LogP contribution in [0.15, 0.2) is 24.3 Å². The van der Waals surface area contributed by atoms with E-state index in [1.165, 1.54) is 11.1 Å². The Morgan fingerprint density at radius 3 is 2.71 bits per heavy atom. The third-order valence-electron chi connectivity index (χ3n) is 3.63. The highest BCUT2D eigenvalue weighted by atomic mass is 16.7. The van der Waals surface area contributed by atoms with E-state index in [0.29, 0.717) is 6.04 Å². The van der Waals surface area contributed by atoms with Gasteiger partial charge in [-0.05, 0) is 24.5 Å². The van der Waals surface area contributed by atoms with Crippen molar-refractivity contribution in [3.8, 4) is 0 Å². The van der Waals surface area contributed by atoms with Crippen LogP contribution in [0, 0.1) is 0 Å². The lowest BCUT2D eigenvalue weighted by molar-refractivity contribution is -0.120. The summed E-state index contributed by atoms with van der Waals surface area (Å²) >= 11 is 0. The van der Waals surface area contributed by atoms with Crippen molar-refractivity contribution in [1.29, 1.82) is 0 Å². The Morgan fingerprint density at radius 2 is 2.00 bits per heavy atom. The normalized spacial score (nSPS) is 20.6. The van der Waals surface area contributed by atoms with Crippen molar-refractivity contribution in [3.05, 3.63) is 35.4 Å². The molecule has 0 N–H and O–H groups in total. The first-order valence-corrected chi connectivity index (χ1v) is 6.13. The maximum atomic E-state index is 5.27. The van der Waals surface area contributed by atoms with Gasteiger partial charge in [-0.25, -0.2) is 0 Å². The summed E-state index contributed by atoms with van der Waals surface area (Å²) < 4.78 is 10.5. The van der Waals surface area contributed by atoms with Crippen LogP contribution in [0.5, 0.6) is 0 Å². The molecule has 1 aliphatic heterocycles. The molecule has 0 aliphatic carbocycles. The van der Waals surface area contributed by atoms with E-state index in [9.17, 15) is 0 Å². The second-order valence-corrected chi connectivity index (χ2v) is 4.52. The van der Waals surface area contributed by atoms with Crippen molar-refractivity contribution in [2.24, 2.45) is 0 Å². The van der Waals surface area contributed by atoms with E-state index < -0.39 is 0 Å². The van der Waals surface area contributed by atoms with Crippen LogP contribution in [0.2, 0.25) is 0 Å². The average molecular weight is 235 g/mol. The number of nitrogens with zero attached hydrogens (tertiary/aromatic N) is 1. The lowest BCUT2D eigenvalue weighted by atomic mass is 9.94. The summed E-state index contributed by atoms with van der Waals surface area (Å²) in [5.41, 5.74) is 2.91. The van der Waals surface area contributed by atoms with Crippen molar-refractivity contribution in [2.75, 3.05) is 27.3 Å². The minimum Gasteiger partial charge on any atom is -0.355 e. The predicted molar refractivity (Wildman–Crippen MR) is 67.9 cm³/mol. The summed E-state index contributed by atoms with van der Waals surface area (Å²) in [4.78, 5) is 2.42. The molecular formula is C14H21NO2. The summed E-state index contributed by atoms with van der Waals surface area (Å²) in [6.07, 6.45) is 0.975. The van der Waals surface area contributed by atoms with E-state index in [1.807, 2.05) is 0 Å². The molecule has 94 valence electrons. The summed E-state index contributed by atoms with van der Waals surface area (Å²) in [6, 6.07) is 9.12. The number of hydrogen-bond donors (Lipinski definition) is 0. The second-order valence-electron chi connectivity index (χ2n) is 4.52. The van der Waals surface area contributed by atoms with Crippen LogP contribution >= 0.6 is 0 Å². The smallest absolute Gasteiger partial charge is 0.169 e. The van der Waals surface area contributed by atoms with E-state index in [1.54, 1.807) is 14.2 Å². The van der Waals surface area contributed by atoms with Crippen molar-refractivity contribution >= 4 is 0 Å². The van der Waals surface area contributed by atoms with Gasteiger partial charge < -0.3 is 9.47 Å². The molecule has 0 amide bonds. The molecule has 1 atom stereocenters. The lowest BCUT2D eigenvalue weighted by Gasteiger charge is -2.36. The van der Waals surface area contributed by atoms with Gasteiger partial charge in [0.15, 0.2) is 6.29 Å². The first-order chi connectivity index (χ1) is 8.26. The molecule has 17 heavy (non-hydrogen) atoms. The van der Waals surface area contributed by atoms with Crippen LogP contribution in [0.3, 0.4) is 0 Å². The Labute approximate surface area is 103 Å². The highest BCUT2D eigenvalue weighted by molar-refractivity contribution is 5.31. The highest BCUT2D eigenvalue weighted by Crippen LogP contribution is 2.29. The van der Waals surface area contributed by atoms with Crippen LogP contribution in [0.25, 0.3) is 0 Å². The Kier molecular flexibility index (Phi) is 4.15. The van der Waals surface area contributed by atoms with E-state index in [-0.39, 0.29) is 6.29 Å². The van der Waals surface area contributed by atoms with E-state index >= 15 is 0 Å². The van der Waals surface area contributed by atoms with E-state index in [4.69, 9.17) is 9.47 Å². The van der Waals surface area contributed by atoms with Gasteiger partial charge in [0.25, 0.3) is 0 Å². The molecule has 0 saturated carbocycles. The fraction of sp³-hybridized carbons (Fsp3) is 0.571. The van der Waals surface area contributed by atoms with Gasteiger partial charge >= 0.3 is 0 Å². The number of ether oxygens (including phenoxy) is 2. The van der Waals surface area contributed by atoms with Crippen LogP contribution < -0.4 is 0 Å². The van der Waals surface area contributed by atoms with E-state index in [2.05, 4.69) is 36.1 Å². The number of rotatable bonds is 4. The Morgan fingerprint density at radius 1 is 1.29 bits per heavy atom. The van der Waals surface area contributed by atoms with Gasteiger partial charge in [0.05, 0.1) is 6.54 Å². The van der Waals surface area contributed by atoms with Gasteiger partial charge in [0.2, 0.25) is 0 Å². The molecule has 0 radical (unpaired) electrons. The molecule has 1 aliphatic rings. The number of benzene rings is 1. The van der Waals surface area contributed by atoms with Crippen LogP contribution in [0.1, 0.15) is 24.1 Å². The SMILES string of the molecule is COC(CN1CCc2ccccc2[C@@H]1C)OC. The van der Waals surface area contributed by atoms with Gasteiger partial charge in [-0.3, -0.25) is 4.90 Å². The molecule has 3 nitrogen and oxygen atoms in total. The molecule has 3 heteroatoms. The average Bonchev–Trinajstić information content (AvgIpc) is 2.38. The Bertz CT molecular complexity index is 363. The summed E-state index contributed by atoms with van der Waals surface area (Å²) in [5, 5.41) is 0. The molecule has 0 unspecified atom stereocenters. The zero-order valence-corrected chi connectivity index (χ0v) is 10.8. The second kappa shape index (κ2) is 5.63. The van der Waals surface area contributed by atoms with Crippen LogP contribution in [-0.4, -0.2) is 38.5 Å². The third-order valence-corrected chi connectivity index (χ3v) is 3.63. The summed E-state index contributed by atoms with van der Waals surface area (Å²) in [6.45, 7) is 4.14. The van der Waals surface area contributed by atoms with Gasteiger partial charge in [0, 0.05) is 26.8 Å². The van der Waals surface area contributed by atoms with Gasteiger partial charge in [-0.15, -0.1) is 0 Å². The van der Waals surface area contributed by atoms with Crippen molar-refractivity contribution in [3.63, 3.8) is 0 Å². The van der Waals surface area contributed by atoms with Crippen molar-refractivity contribution in [2.45, 2.75) is 25.7 Å². The largest absolute Gasteiger partial charge is 0.355 e. The zero-order chi connectivity index (χ0) is 12.3.